The molecule has 0 radical (unpaired) electrons. The largest absolute Gasteiger partial charge is 0.493 e. The number of carbonyl (C=O) groups is 1. The van der Waals surface area contributed by atoms with Crippen LogP contribution in [0.15, 0.2) is 60.7 Å². The SMILES string of the molecule is CCCCOc1ccc(NC(=O)C2(c3ccc(C)cc3)CCCCC2)c2ccccc12. The Morgan fingerprint density at radius 2 is 1.65 bits per heavy atom. The maximum atomic E-state index is 13.8. The number of nitrogens with one attached hydrogen (secondary N) is 1. The van der Waals surface area contributed by atoms with Crippen LogP contribution in [0.4, 0.5) is 5.69 Å². The third-order valence-electron chi connectivity index (χ3n) is 6.63. The van der Waals surface area contributed by atoms with Crippen molar-refractivity contribution in [2.24, 2.45) is 0 Å². The Labute approximate surface area is 185 Å². The lowest BCUT2D eigenvalue weighted by molar-refractivity contribution is -0.122. The Morgan fingerprint density at radius 3 is 2.35 bits per heavy atom. The summed E-state index contributed by atoms with van der Waals surface area (Å²) in [6.45, 7) is 4.96. The summed E-state index contributed by atoms with van der Waals surface area (Å²) in [7, 11) is 0. The van der Waals surface area contributed by atoms with Crippen molar-refractivity contribution < 1.29 is 9.53 Å². The molecule has 0 unspecified atom stereocenters. The monoisotopic (exact) mass is 415 g/mol. The Hall–Kier alpha value is -2.81. The maximum absolute atomic E-state index is 13.8. The molecule has 162 valence electrons. The zero-order valence-electron chi connectivity index (χ0n) is 18.7. The standard InChI is InChI=1S/C28H33NO2/c1-3-4-20-31-26-17-16-25(23-10-6-7-11-24(23)26)29-27(30)28(18-8-5-9-19-28)22-14-12-21(2)13-15-22/h6-7,10-17H,3-5,8-9,18-20H2,1-2H3,(H,29,30). The number of benzene rings is 3. The summed E-state index contributed by atoms with van der Waals surface area (Å²) >= 11 is 0. The molecule has 0 heterocycles. The highest BCUT2D eigenvalue weighted by Gasteiger charge is 2.41. The molecule has 3 nitrogen and oxygen atoms in total. The number of carbonyl (C=O) groups excluding carboxylic acids is 1. The second-order valence-electron chi connectivity index (χ2n) is 8.82. The lowest BCUT2D eigenvalue weighted by atomic mass is 9.68. The normalized spacial score (nSPS) is 15.5. The van der Waals surface area contributed by atoms with E-state index in [1.165, 1.54) is 12.0 Å². The minimum absolute atomic E-state index is 0.112. The molecule has 3 aromatic carbocycles. The van der Waals surface area contributed by atoms with E-state index in [4.69, 9.17) is 4.74 Å². The van der Waals surface area contributed by atoms with Gasteiger partial charge in [0.2, 0.25) is 5.91 Å². The average Bonchev–Trinajstić information content (AvgIpc) is 2.81. The highest BCUT2D eigenvalue weighted by molar-refractivity contribution is 6.07. The number of amides is 1. The topological polar surface area (TPSA) is 38.3 Å². The number of fused-ring (bicyclic) bond motifs is 1. The van der Waals surface area contributed by atoms with E-state index in [0.29, 0.717) is 6.61 Å². The van der Waals surface area contributed by atoms with Crippen molar-refractivity contribution in [2.75, 3.05) is 11.9 Å². The molecule has 3 aromatic rings. The molecule has 0 spiro atoms. The summed E-state index contributed by atoms with van der Waals surface area (Å²) < 4.78 is 6.02. The van der Waals surface area contributed by atoms with Crippen LogP contribution in [0.1, 0.15) is 63.0 Å². The molecule has 4 rings (SSSR count). The molecule has 1 aliphatic carbocycles. The first-order chi connectivity index (χ1) is 15.1. The third kappa shape index (κ3) is 4.46. The van der Waals surface area contributed by atoms with Gasteiger partial charge < -0.3 is 10.1 Å². The van der Waals surface area contributed by atoms with Crippen LogP contribution in [0.5, 0.6) is 5.75 Å². The molecule has 31 heavy (non-hydrogen) atoms. The number of rotatable bonds is 7. The fourth-order valence-electron chi connectivity index (χ4n) is 4.75. The van der Waals surface area contributed by atoms with Crippen LogP contribution in [-0.4, -0.2) is 12.5 Å². The fourth-order valence-corrected chi connectivity index (χ4v) is 4.75. The van der Waals surface area contributed by atoms with E-state index in [2.05, 4.69) is 55.6 Å². The lowest BCUT2D eigenvalue weighted by Crippen LogP contribution is -2.42. The minimum Gasteiger partial charge on any atom is -0.493 e. The number of anilines is 1. The lowest BCUT2D eigenvalue weighted by Gasteiger charge is -2.36. The number of unbranched alkanes of at least 4 members (excludes halogenated alkanes) is 1. The van der Waals surface area contributed by atoms with Crippen LogP contribution in [-0.2, 0) is 10.2 Å². The smallest absolute Gasteiger partial charge is 0.235 e. The van der Waals surface area contributed by atoms with Gasteiger partial charge in [0.1, 0.15) is 5.75 Å². The predicted octanol–water partition coefficient (Wildman–Crippen LogP) is 7.17. The van der Waals surface area contributed by atoms with Gasteiger partial charge in [-0.2, -0.15) is 0 Å². The molecule has 1 saturated carbocycles. The number of hydrogen-bond acceptors (Lipinski definition) is 2. The number of hydrogen-bond donors (Lipinski definition) is 1. The molecular weight excluding hydrogens is 382 g/mol. The van der Waals surface area contributed by atoms with E-state index < -0.39 is 5.41 Å². The highest BCUT2D eigenvalue weighted by atomic mass is 16.5. The average molecular weight is 416 g/mol. The van der Waals surface area contributed by atoms with Gasteiger partial charge in [-0.25, -0.2) is 0 Å². The van der Waals surface area contributed by atoms with E-state index in [0.717, 1.165) is 66.3 Å². The predicted molar refractivity (Wildman–Crippen MR) is 129 cm³/mol. The summed E-state index contributed by atoms with van der Waals surface area (Å²) in [5, 5.41) is 5.38. The molecule has 0 bridgehead atoms. The molecule has 1 amide bonds. The van der Waals surface area contributed by atoms with Crippen LogP contribution < -0.4 is 10.1 Å². The molecule has 0 atom stereocenters. The maximum Gasteiger partial charge on any atom is 0.235 e. The van der Waals surface area contributed by atoms with Crippen LogP contribution in [0.2, 0.25) is 0 Å². The molecule has 0 saturated heterocycles. The molecule has 1 N–H and O–H groups in total. The Kier molecular flexibility index (Phi) is 6.60. The molecule has 0 aliphatic heterocycles. The quantitative estimate of drug-likeness (QED) is 0.415. The number of aryl methyl sites for hydroxylation is 1. The minimum atomic E-state index is -0.455. The van der Waals surface area contributed by atoms with Crippen molar-refractivity contribution in [3.05, 3.63) is 71.8 Å². The fraction of sp³-hybridized carbons (Fsp3) is 0.393. The van der Waals surface area contributed by atoms with Crippen molar-refractivity contribution in [3.63, 3.8) is 0 Å². The van der Waals surface area contributed by atoms with Crippen LogP contribution in [0.25, 0.3) is 10.8 Å². The Balaban J connectivity index is 1.66. The van der Waals surface area contributed by atoms with Gasteiger partial charge in [0.05, 0.1) is 12.0 Å². The molecule has 3 heteroatoms. The summed E-state index contributed by atoms with van der Waals surface area (Å²) in [6.07, 6.45) is 7.32. The van der Waals surface area contributed by atoms with E-state index in [1.807, 2.05) is 24.3 Å². The van der Waals surface area contributed by atoms with E-state index >= 15 is 0 Å². The molecular formula is C28H33NO2. The molecule has 1 aliphatic rings. The highest BCUT2D eigenvalue weighted by Crippen LogP contribution is 2.41. The van der Waals surface area contributed by atoms with Gasteiger partial charge in [0, 0.05) is 16.5 Å². The van der Waals surface area contributed by atoms with Crippen molar-refractivity contribution in [3.8, 4) is 5.75 Å². The van der Waals surface area contributed by atoms with Crippen molar-refractivity contribution >= 4 is 22.4 Å². The van der Waals surface area contributed by atoms with Gasteiger partial charge in [0.25, 0.3) is 0 Å². The van der Waals surface area contributed by atoms with Gasteiger partial charge in [-0.3, -0.25) is 4.79 Å². The van der Waals surface area contributed by atoms with Gasteiger partial charge >= 0.3 is 0 Å². The second kappa shape index (κ2) is 9.55. The summed E-state index contributed by atoms with van der Waals surface area (Å²) in [5.74, 6) is 0.994. The van der Waals surface area contributed by atoms with Crippen LogP contribution in [0.3, 0.4) is 0 Å². The van der Waals surface area contributed by atoms with E-state index in [9.17, 15) is 4.79 Å². The zero-order valence-corrected chi connectivity index (χ0v) is 18.7. The summed E-state index contributed by atoms with van der Waals surface area (Å²) in [4.78, 5) is 13.8. The van der Waals surface area contributed by atoms with E-state index in [1.54, 1.807) is 0 Å². The molecule has 1 fully saturated rings. The van der Waals surface area contributed by atoms with Crippen LogP contribution >= 0.6 is 0 Å². The first-order valence-electron chi connectivity index (χ1n) is 11.7. The van der Waals surface area contributed by atoms with Crippen molar-refractivity contribution in [1.29, 1.82) is 0 Å². The number of ether oxygens (including phenoxy) is 1. The summed E-state index contributed by atoms with van der Waals surface area (Å²) in [6, 6.07) is 20.7. The third-order valence-corrected chi connectivity index (χ3v) is 6.63. The summed E-state index contributed by atoms with van der Waals surface area (Å²) in [5.41, 5.74) is 2.77. The van der Waals surface area contributed by atoms with Crippen molar-refractivity contribution in [2.45, 2.75) is 64.2 Å². The van der Waals surface area contributed by atoms with Gasteiger partial charge in [-0.1, -0.05) is 86.7 Å². The molecule has 0 aromatic heterocycles. The van der Waals surface area contributed by atoms with Gasteiger partial charge in [-0.15, -0.1) is 0 Å². The Morgan fingerprint density at radius 1 is 0.935 bits per heavy atom. The van der Waals surface area contributed by atoms with Crippen molar-refractivity contribution in [1.82, 2.24) is 0 Å². The van der Waals surface area contributed by atoms with Gasteiger partial charge in [0.15, 0.2) is 0 Å². The Bertz CT molecular complexity index is 1030. The first-order valence-corrected chi connectivity index (χ1v) is 11.7. The zero-order chi connectivity index (χ0) is 21.7. The van der Waals surface area contributed by atoms with Gasteiger partial charge in [-0.05, 0) is 43.9 Å². The first kappa shape index (κ1) is 21.4. The second-order valence-corrected chi connectivity index (χ2v) is 8.82. The van der Waals surface area contributed by atoms with Crippen LogP contribution in [0, 0.1) is 6.92 Å². The van der Waals surface area contributed by atoms with E-state index in [-0.39, 0.29) is 5.91 Å².